The highest BCUT2D eigenvalue weighted by Crippen LogP contribution is 2.23. The summed E-state index contributed by atoms with van der Waals surface area (Å²) in [5.41, 5.74) is 6.92. The van der Waals surface area contributed by atoms with E-state index in [1.165, 1.54) is 6.92 Å². The van der Waals surface area contributed by atoms with E-state index in [0.717, 1.165) is 5.56 Å². The smallest absolute Gasteiger partial charge is 0.246 e. The van der Waals surface area contributed by atoms with Gasteiger partial charge in [0.25, 0.3) is 0 Å². The molecule has 0 fully saturated rings. The van der Waals surface area contributed by atoms with E-state index in [4.69, 9.17) is 5.73 Å². The van der Waals surface area contributed by atoms with Crippen molar-refractivity contribution in [2.45, 2.75) is 52.0 Å². The molecular formula is C17H25N3O3. The highest BCUT2D eigenvalue weighted by atomic mass is 16.2. The maximum absolute atomic E-state index is 12.3. The van der Waals surface area contributed by atoms with Crippen molar-refractivity contribution < 1.29 is 14.4 Å². The normalized spacial score (nSPS) is 12.3. The maximum atomic E-state index is 12.3. The van der Waals surface area contributed by atoms with Gasteiger partial charge >= 0.3 is 0 Å². The molecule has 3 amide bonds. The van der Waals surface area contributed by atoms with Crippen molar-refractivity contribution in [2.75, 3.05) is 5.32 Å². The number of hydrogen-bond acceptors (Lipinski definition) is 3. The largest absolute Gasteiger partial charge is 0.370 e. The SMILES string of the molecule is CC(=O)N[C@H](CCC(N)=O)C(=O)Nc1ccc(C(C)(C)C)cc1. The minimum absolute atomic E-state index is 0.0291. The van der Waals surface area contributed by atoms with Crippen LogP contribution in [0.25, 0.3) is 0 Å². The molecule has 1 aromatic carbocycles. The number of benzene rings is 1. The monoisotopic (exact) mass is 319 g/mol. The molecule has 0 bridgehead atoms. The second-order valence-electron chi connectivity index (χ2n) is 6.57. The second-order valence-corrected chi connectivity index (χ2v) is 6.57. The van der Waals surface area contributed by atoms with E-state index in [9.17, 15) is 14.4 Å². The number of anilines is 1. The number of amides is 3. The lowest BCUT2D eigenvalue weighted by molar-refractivity contribution is -0.126. The lowest BCUT2D eigenvalue weighted by Crippen LogP contribution is -2.43. The standard InChI is InChI=1S/C17H25N3O3/c1-11(21)19-14(9-10-15(18)22)16(23)20-13-7-5-12(6-8-13)17(2,3)4/h5-8,14H,9-10H2,1-4H3,(H2,18,22)(H,19,21)(H,20,23)/t14-/m1/s1. The van der Waals surface area contributed by atoms with E-state index >= 15 is 0 Å². The molecule has 23 heavy (non-hydrogen) atoms. The van der Waals surface area contributed by atoms with Crippen molar-refractivity contribution in [1.82, 2.24) is 5.32 Å². The predicted molar refractivity (Wildman–Crippen MR) is 89.8 cm³/mol. The second kappa shape index (κ2) is 7.76. The van der Waals surface area contributed by atoms with Crippen LogP contribution in [0.2, 0.25) is 0 Å². The van der Waals surface area contributed by atoms with E-state index in [1.807, 2.05) is 24.3 Å². The topological polar surface area (TPSA) is 101 Å². The molecule has 0 heterocycles. The summed E-state index contributed by atoms with van der Waals surface area (Å²) >= 11 is 0. The van der Waals surface area contributed by atoms with Crippen molar-refractivity contribution in [3.63, 3.8) is 0 Å². The first-order valence-corrected chi connectivity index (χ1v) is 7.56. The number of rotatable bonds is 6. The summed E-state index contributed by atoms with van der Waals surface area (Å²) < 4.78 is 0. The minimum Gasteiger partial charge on any atom is -0.370 e. The third-order valence-electron chi connectivity index (χ3n) is 3.39. The molecule has 0 aliphatic carbocycles. The molecule has 0 radical (unpaired) electrons. The maximum Gasteiger partial charge on any atom is 0.246 e. The van der Waals surface area contributed by atoms with Gasteiger partial charge in [-0.15, -0.1) is 0 Å². The zero-order chi connectivity index (χ0) is 17.6. The van der Waals surface area contributed by atoms with Gasteiger partial charge in [-0.2, -0.15) is 0 Å². The zero-order valence-electron chi connectivity index (χ0n) is 14.1. The van der Waals surface area contributed by atoms with E-state index in [0.29, 0.717) is 5.69 Å². The van der Waals surface area contributed by atoms with Crippen LogP contribution in [0.4, 0.5) is 5.69 Å². The molecule has 4 N–H and O–H groups in total. The fourth-order valence-electron chi connectivity index (χ4n) is 2.08. The highest BCUT2D eigenvalue weighted by molar-refractivity contribution is 5.97. The Morgan fingerprint density at radius 3 is 2.13 bits per heavy atom. The summed E-state index contributed by atoms with van der Waals surface area (Å²) in [6.07, 6.45) is 0.197. The fraction of sp³-hybridized carbons (Fsp3) is 0.471. The van der Waals surface area contributed by atoms with Gasteiger partial charge in [-0.3, -0.25) is 14.4 Å². The molecular weight excluding hydrogens is 294 g/mol. The van der Waals surface area contributed by atoms with Gasteiger partial charge in [-0.25, -0.2) is 0 Å². The van der Waals surface area contributed by atoms with Gasteiger partial charge in [0.05, 0.1) is 0 Å². The average Bonchev–Trinajstić information content (AvgIpc) is 2.42. The predicted octanol–water partition coefficient (Wildman–Crippen LogP) is 1.69. The van der Waals surface area contributed by atoms with E-state index in [1.54, 1.807) is 0 Å². The lowest BCUT2D eigenvalue weighted by Gasteiger charge is -2.20. The van der Waals surface area contributed by atoms with Gasteiger partial charge in [-0.1, -0.05) is 32.9 Å². The Balaban J connectivity index is 2.76. The molecule has 1 aromatic rings. The molecule has 0 saturated carbocycles. The Labute approximate surface area is 136 Å². The van der Waals surface area contributed by atoms with E-state index < -0.39 is 11.9 Å². The number of nitrogens with two attached hydrogens (primary N) is 1. The Hall–Kier alpha value is -2.37. The Bertz CT molecular complexity index is 574. The molecule has 0 spiro atoms. The molecule has 6 heteroatoms. The quantitative estimate of drug-likeness (QED) is 0.743. The van der Waals surface area contributed by atoms with Crippen LogP contribution in [0.3, 0.4) is 0 Å². The van der Waals surface area contributed by atoms with Crippen LogP contribution in [0.1, 0.15) is 46.1 Å². The Morgan fingerprint density at radius 1 is 1.13 bits per heavy atom. The van der Waals surface area contributed by atoms with Gasteiger partial charge in [0.1, 0.15) is 6.04 Å². The first-order chi connectivity index (χ1) is 10.6. The molecule has 0 aromatic heterocycles. The molecule has 0 unspecified atom stereocenters. The van der Waals surface area contributed by atoms with Gasteiger partial charge in [0, 0.05) is 19.0 Å². The molecule has 1 atom stereocenters. The molecule has 0 saturated heterocycles. The van der Waals surface area contributed by atoms with Crippen molar-refractivity contribution in [2.24, 2.45) is 5.73 Å². The molecule has 126 valence electrons. The third kappa shape index (κ3) is 6.50. The van der Waals surface area contributed by atoms with Crippen molar-refractivity contribution in [3.05, 3.63) is 29.8 Å². The lowest BCUT2D eigenvalue weighted by atomic mass is 9.87. The van der Waals surface area contributed by atoms with Crippen LogP contribution in [0.5, 0.6) is 0 Å². The number of hydrogen-bond donors (Lipinski definition) is 3. The van der Waals surface area contributed by atoms with Crippen LogP contribution >= 0.6 is 0 Å². The average molecular weight is 319 g/mol. The van der Waals surface area contributed by atoms with Crippen LogP contribution in [-0.4, -0.2) is 23.8 Å². The fourth-order valence-corrected chi connectivity index (χ4v) is 2.08. The van der Waals surface area contributed by atoms with Crippen molar-refractivity contribution in [3.8, 4) is 0 Å². The van der Waals surface area contributed by atoms with Crippen molar-refractivity contribution >= 4 is 23.4 Å². The van der Waals surface area contributed by atoms with E-state index in [-0.39, 0.29) is 30.1 Å². The van der Waals surface area contributed by atoms with Crippen molar-refractivity contribution in [1.29, 1.82) is 0 Å². The highest BCUT2D eigenvalue weighted by Gasteiger charge is 2.20. The molecule has 1 rings (SSSR count). The summed E-state index contributed by atoms with van der Waals surface area (Å²) in [6, 6.07) is 6.75. The van der Waals surface area contributed by atoms with Gasteiger partial charge in [-0.05, 0) is 29.5 Å². The van der Waals surface area contributed by atoms with Crippen LogP contribution in [0.15, 0.2) is 24.3 Å². The number of nitrogens with one attached hydrogen (secondary N) is 2. The summed E-state index contributed by atoms with van der Waals surface area (Å²) in [4.78, 5) is 34.3. The van der Waals surface area contributed by atoms with E-state index in [2.05, 4.69) is 31.4 Å². The Kier molecular flexibility index (Phi) is 6.30. The first-order valence-electron chi connectivity index (χ1n) is 7.56. The summed E-state index contributed by atoms with van der Waals surface area (Å²) in [5.74, 6) is -1.22. The zero-order valence-corrected chi connectivity index (χ0v) is 14.1. The Morgan fingerprint density at radius 2 is 1.70 bits per heavy atom. The minimum atomic E-state index is -0.790. The van der Waals surface area contributed by atoms with Crippen LogP contribution in [0, 0.1) is 0 Å². The van der Waals surface area contributed by atoms with Gasteiger partial charge < -0.3 is 16.4 Å². The molecule has 0 aliphatic rings. The first kappa shape index (κ1) is 18.7. The number of primary amides is 1. The third-order valence-corrected chi connectivity index (χ3v) is 3.39. The summed E-state index contributed by atoms with van der Waals surface area (Å²) in [5, 5.41) is 5.28. The molecule has 6 nitrogen and oxygen atoms in total. The van der Waals surface area contributed by atoms with Gasteiger partial charge in [0.2, 0.25) is 17.7 Å². The van der Waals surface area contributed by atoms with Gasteiger partial charge in [0.15, 0.2) is 0 Å². The van der Waals surface area contributed by atoms with Crippen LogP contribution < -0.4 is 16.4 Å². The number of carbonyl (C=O) groups is 3. The summed E-state index contributed by atoms with van der Waals surface area (Å²) in [7, 11) is 0. The summed E-state index contributed by atoms with van der Waals surface area (Å²) in [6.45, 7) is 7.65. The van der Waals surface area contributed by atoms with Crippen LogP contribution in [-0.2, 0) is 19.8 Å². The number of carbonyl (C=O) groups excluding carboxylic acids is 3. The molecule has 0 aliphatic heterocycles.